The topological polar surface area (TPSA) is 72.5 Å². The van der Waals surface area contributed by atoms with Crippen LogP contribution in [0.3, 0.4) is 0 Å². The van der Waals surface area contributed by atoms with Gasteiger partial charge in [-0.2, -0.15) is 0 Å². The fraction of sp³-hybridized carbons (Fsp3) is 0.409. The number of aldehydes is 1. The predicted octanol–water partition coefficient (Wildman–Crippen LogP) is 3.67. The Kier molecular flexibility index (Phi) is 5.05. The number of hydrogen-bond donors (Lipinski definition) is 1. The highest BCUT2D eigenvalue weighted by molar-refractivity contribution is 6.04. The standard InChI is InChI=1S/C22H25NO4/c1-5-27-21(26)18-13(2)23-16-10-22(3,4)11-17(25)20(16)19(18)15-8-6-14(12-24)7-9-15/h6-9,12,19,23H,5,10-11H2,1-4H3. The van der Waals surface area contributed by atoms with E-state index >= 15 is 0 Å². The highest BCUT2D eigenvalue weighted by Crippen LogP contribution is 2.46. The molecule has 1 aliphatic carbocycles. The van der Waals surface area contributed by atoms with Crippen LogP contribution in [0, 0.1) is 5.41 Å². The number of carbonyl (C=O) groups is 3. The average Bonchev–Trinajstić information content (AvgIpc) is 2.59. The Morgan fingerprint density at radius 2 is 1.93 bits per heavy atom. The lowest BCUT2D eigenvalue weighted by atomic mass is 9.68. The smallest absolute Gasteiger partial charge is 0.336 e. The van der Waals surface area contributed by atoms with Crippen molar-refractivity contribution >= 4 is 18.0 Å². The number of allylic oxidation sites excluding steroid dienone is 3. The van der Waals surface area contributed by atoms with Gasteiger partial charge in [0.05, 0.1) is 12.2 Å². The first-order valence-electron chi connectivity index (χ1n) is 9.23. The van der Waals surface area contributed by atoms with E-state index < -0.39 is 11.9 Å². The third-order valence-electron chi connectivity index (χ3n) is 5.14. The number of benzene rings is 1. The van der Waals surface area contributed by atoms with Gasteiger partial charge in [0, 0.05) is 34.9 Å². The minimum Gasteiger partial charge on any atom is -0.463 e. The number of hydrogen-bond acceptors (Lipinski definition) is 5. The molecule has 1 N–H and O–H groups in total. The molecule has 1 atom stereocenters. The molecule has 1 aliphatic heterocycles. The monoisotopic (exact) mass is 367 g/mol. The molecule has 1 aromatic rings. The summed E-state index contributed by atoms with van der Waals surface area (Å²) in [6, 6.07) is 7.04. The second-order valence-corrected chi connectivity index (χ2v) is 7.93. The van der Waals surface area contributed by atoms with Crippen LogP contribution in [0.15, 0.2) is 46.8 Å². The maximum absolute atomic E-state index is 13.1. The van der Waals surface area contributed by atoms with E-state index in [9.17, 15) is 14.4 Å². The van der Waals surface area contributed by atoms with Gasteiger partial charge in [0.15, 0.2) is 5.78 Å². The van der Waals surface area contributed by atoms with Crippen molar-refractivity contribution < 1.29 is 19.1 Å². The molecule has 2 aliphatic rings. The average molecular weight is 367 g/mol. The van der Waals surface area contributed by atoms with Gasteiger partial charge >= 0.3 is 5.97 Å². The summed E-state index contributed by atoms with van der Waals surface area (Å²) < 4.78 is 5.28. The van der Waals surface area contributed by atoms with Gasteiger partial charge in [-0.15, -0.1) is 0 Å². The molecule has 27 heavy (non-hydrogen) atoms. The first kappa shape index (κ1) is 19.1. The maximum atomic E-state index is 13.1. The number of esters is 1. The summed E-state index contributed by atoms with van der Waals surface area (Å²) >= 11 is 0. The Hall–Kier alpha value is -2.69. The zero-order valence-electron chi connectivity index (χ0n) is 16.2. The fourth-order valence-electron chi connectivity index (χ4n) is 4.02. The molecule has 0 amide bonds. The number of carbonyl (C=O) groups excluding carboxylic acids is 3. The van der Waals surface area contributed by atoms with Crippen LogP contribution in [0.1, 0.15) is 62.4 Å². The number of ether oxygens (including phenoxy) is 1. The van der Waals surface area contributed by atoms with Crippen LogP contribution in [0.5, 0.6) is 0 Å². The predicted molar refractivity (Wildman–Crippen MR) is 102 cm³/mol. The molecular formula is C22H25NO4. The van der Waals surface area contributed by atoms with Gasteiger partial charge < -0.3 is 10.1 Å². The van der Waals surface area contributed by atoms with E-state index in [4.69, 9.17) is 4.74 Å². The number of rotatable bonds is 4. The molecule has 0 radical (unpaired) electrons. The quantitative estimate of drug-likeness (QED) is 0.649. The summed E-state index contributed by atoms with van der Waals surface area (Å²) in [5, 5.41) is 3.30. The molecule has 0 spiro atoms. The van der Waals surface area contributed by atoms with Crippen molar-refractivity contribution in [2.45, 2.75) is 46.5 Å². The molecule has 5 nitrogen and oxygen atoms in total. The van der Waals surface area contributed by atoms with Gasteiger partial charge in [0.2, 0.25) is 0 Å². The van der Waals surface area contributed by atoms with E-state index in [0.717, 1.165) is 24.0 Å². The summed E-state index contributed by atoms with van der Waals surface area (Å²) in [5.41, 5.74) is 3.93. The van der Waals surface area contributed by atoms with Crippen molar-refractivity contribution in [2.75, 3.05) is 6.61 Å². The SMILES string of the molecule is CCOC(=O)C1=C(C)NC2=C(C(=O)CC(C)(C)C2)C1c1ccc(C=O)cc1. The summed E-state index contributed by atoms with van der Waals surface area (Å²) in [6.45, 7) is 8.01. The van der Waals surface area contributed by atoms with Crippen molar-refractivity contribution in [3.8, 4) is 0 Å². The zero-order chi connectivity index (χ0) is 19.8. The molecular weight excluding hydrogens is 342 g/mol. The molecule has 0 aromatic heterocycles. The van der Waals surface area contributed by atoms with E-state index in [1.165, 1.54) is 0 Å². The third-order valence-corrected chi connectivity index (χ3v) is 5.14. The van der Waals surface area contributed by atoms with Gasteiger partial charge in [-0.25, -0.2) is 4.79 Å². The lowest BCUT2D eigenvalue weighted by molar-refractivity contribution is -0.138. The van der Waals surface area contributed by atoms with E-state index in [1.807, 2.05) is 19.1 Å². The largest absolute Gasteiger partial charge is 0.463 e. The maximum Gasteiger partial charge on any atom is 0.336 e. The van der Waals surface area contributed by atoms with Crippen molar-refractivity contribution in [2.24, 2.45) is 5.41 Å². The number of ketones is 1. The van der Waals surface area contributed by atoms with Gasteiger partial charge in [0.25, 0.3) is 0 Å². The van der Waals surface area contributed by atoms with E-state index in [2.05, 4.69) is 19.2 Å². The first-order chi connectivity index (χ1) is 12.8. The van der Waals surface area contributed by atoms with Crippen LogP contribution in [0.2, 0.25) is 0 Å². The van der Waals surface area contributed by atoms with E-state index in [1.54, 1.807) is 19.1 Å². The number of Topliss-reactive ketones (excluding diaryl/α,β-unsaturated/α-hetero) is 1. The van der Waals surface area contributed by atoms with E-state index in [0.29, 0.717) is 28.8 Å². The molecule has 0 saturated carbocycles. The van der Waals surface area contributed by atoms with Crippen molar-refractivity contribution in [3.05, 3.63) is 57.9 Å². The zero-order valence-corrected chi connectivity index (χ0v) is 16.2. The summed E-state index contributed by atoms with van der Waals surface area (Å²) in [4.78, 5) is 36.8. The van der Waals surface area contributed by atoms with Crippen LogP contribution < -0.4 is 5.32 Å². The van der Waals surface area contributed by atoms with Gasteiger partial charge in [-0.3, -0.25) is 9.59 Å². The molecule has 3 rings (SSSR count). The summed E-state index contributed by atoms with van der Waals surface area (Å²) in [5.74, 6) is -0.853. The second kappa shape index (κ2) is 7.14. The third kappa shape index (κ3) is 3.59. The number of dihydropyridines is 1. The Balaban J connectivity index is 2.16. The number of nitrogens with one attached hydrogen (secondary N) is 1. The Morgan fingerprint density at radius 3 is 2.52 bits per heavy atom. The van der Waals surface area contributed by atoms with Crippen molar-refractivity contribution in [1.82, 2.24) is 5.32 Å². The normalized spacial score (nSPS) is 21.5. The fourth-order valence-corrected chi connectivity index (χ4v) is 4.02. The Labute approximate surface area is 159 Å². The minimum absolute atomic E-state index is 0.0486. The van der Waals surface area contributed by atoms with Crippen molar-refractivity contribution in [1.29, 1.82) is 0 Å². The van der Waals surface area contributed by atoms with Gasteiger partial charge in [-0.05, 0) is 31.2 Å². The molecule has 1 unspecified atom stereocenters. The van der Waals surface area contributed by atoms with Crippen LogP contribution in [0.25, 0.3) is 0 Å². The molecule has 0 fully saturated rings. The summed E-state index contributed by atoms with van der Waals surface area (Å²) in [7, 11) is 0. The summed E-state index contributed by atoms with van der Waals surface area (Å²) in [6.07, 6.45) is 1.95. The second-order valence-electron chi connectivity index (χ2n) is 7.93. The lowest BCUT2D eigenvalue weighted by Crippen LogP contribution is -2.38. The van der Waals surface area contributed by atoms with E-state index in [-0.39, 0.29) is 17.8 Å². The van der Waals surface area contributed by atoms with Crippen molar-refractivity contribution in [3.63, 3.8) is 0 Å². The van der Waals surface area contributed by atoms with Gasteiger partial charge in [-0.1, -0.05) is 38.1 Å². The minimum atomic E-state index is -0.482. The molecule has 0 saturated heterocycles. The van der Waals surface area contributed by atoms with Crippen LogP contribution in [-0.2, 0) is 14.3 Å². The van der Waals surface area contributed by atoms with Crippen LogP contribution in [0.4, 0.5) is 0 Å². The molecule has 1 aromatic carbocycles. The molecule has 5 heteroatoms. The van der Waals surface area contributed by atoms with Crippen LogP contribution in [-0.4, -0.2) is 24.6 Å². The Bertz CT molecular complexity index is 859. The molecule has 142 valence electrons. The molecule has 1 heterocycles. The highest BCUT2D eigenvalue weighted by atomic mass is 16.5. The molecule has 0 bridgehead atoms. The highest BCUT2D eigenvalue weighted by Gasteiger charge is 2.43. The Morgan fingerprint density at radius 1 is 1.26 bits per heavy atom. The van der Waals surface area contributed by atoms with Gasteiger partial charge in [0.1, 0.15) is 6.29 Å². The lowest BCUT2D eigenvalue weighted by Gasteiger charge is -2.39. The van der Waals surface area contributed by atoms with Crippen LogP contribution >= 0.6 is 0 Å². The first-order valence-corrected chi connectivity index (χ1v) is 9.23.